The molecule has 0 amide bonds. The summed E-state index contributed by atoms with van der Waals surface area (Å²) in [5.41, 5.74) is 9.05. The van der Waals surface area contributed by atoms with Gasteiger partial charge in [-0.3, -0.25) is 9.25 Å². The van der Waals surface area contributed by atoms with Gasteiger partial charge in [0, 0.05) is 13.6 Å². The Labute approximate surface area is 120 Å². The van der Waals surface area contributed by atoms with Gasteiger partial charge >= 0.3 is 0 Å². The highest BCUT2D eigenvalue weighted by atomic mass is 15.3. The highest BCUT2D eigenvalue weighted by Gasteiger charge is 2.20. The molecule has 0 bridgehead atoms. The maximum Gasteiger partial charge on any atom is 0.202 e. The number of imidazole rings is 1. The van der Waals surface area contributed by atoms with Crippen molar-refractivity contribution >= 4 is 17.1 Å². The fourth-order valence-corrected chi connectivity index (χ4v) is 3.50. The summed E-state index contributed by atoms with van der Waals surface area (Å²) in [5, 5.41) is 4.43. The van der Waals surface area contributed by atoms with Crippen LogP contribution in [0.4, 0.5) is 5.95 Å². The Morgan fingerprint density at radius 3 is 2.65 bits per heavy atom. The molecular weight excluding hydrogens is 250 g/mol. The second-order valence-electron chi connectivity index (χ2n) is 6.42. The molecule has 110 valence electrons. The van der Waals surface area contributed by atoms with E-state index < -0.39 is 0 Å². The zero-order valence-corrected chi connectivity index (χ0v) is 12.8. The van der Waals surface area contributed by atoms with Gasteiger partial charge in [0.2, 0.25) is 5.95 Å². The SMILES string of the molecule is Cc1nn(C)c2c1nc(N)n2CCC1CCC(C)CC1. The lowest BCUT2D eigenvalue weighted by molar-refractivity contribution is 0.269. The van der Waals surface area contributed by atoms with Crippen molar-refractivity contribution in [2.45, 2.75) is 52.5 Å². The maximum atomic E-state index is 6.08. The van der Waals surface area contributed by atoms with Crippen LogP contribution in [0.3, 0.4) is 0 Å². The Kier molecular flexibility index (Phi) is 3.44. The molecule has 0 unspecified atom stereocenters. The number of nitrogen functional groups attached to an aromatic ring is 1. The van der Waals surface area contributed by atoms with Gasteiger partial charge in [-0.2, -0.15) is 5.10 Å². The Morgan fingerprint density at radius 1 is 1.25 bits per heavy atom. The second kappa shape index (κ2) is 5.11. The van der Waals surface area contributed by atoms with Gasteiger partial charge in [-0.25, -0.2) is 4.98 Å². The fourth-order valence-electron chi connectivity index (χ4n) is 3.50. The predicted molar refractivity (Wildman–Crippen MR) is 81.4 cm³/mol. The highest BCUT2D eigenvalue weighted by molar-refractivity contribution is 5.77. The summed E-state index contributed by atoms with van der Waals surface area (Å²) in [5.74, 6) is 2.38. The molecule has 5 heteroatoms. The van der Waals surface area contributed by atoms with E-state index in [1.807, 2.05) is 18.7 Å². The quantitative estimate of drug-likeness (QED) is 0.937. The molecular formula is C15H25N5. The van der Waals surface area contributed by atoms with Crippen molar-refractivity contribution in [3.05, 3.63) is 5.69 Å². The van der Waals surface area contributed by atoms with Gasteiger partial charge in [-0.15, -0.1) is 0 Å². The molecule has 0 saturated heterocycles. The van der Waals surface area contributed by atoms with Crippen molar-refractivity contribution in [2.75, 3.05) is 5.73 Å². The van der Waals surface area contributed by atoms with E-state index in [-0.39, 0.29) is 0 Å². The van der Waals surface area contributed by atoms with E-state index in [0.717, 1.165) is 35.2 Å². The number of hydrogen-bond acceptors (Lipinski definition) is 3. The molecule has 0 aliphatic heterocycles. The van der Waals surface area contributed by atoms with Crippen molar-refractivity contribution < 1.29 is 0 Å². The van der Waals surface area contributed by atoms with Crippen LogP contribution >= 0.6 is 0 Å². The topological polar surface area (TPSA) is 61.7 Å². The first-order valence-electron chi connectivity index (χ1n) is 7.71. The Bertz CT molecular complexity index is 601. The summed E-state index contributed by atoms with van der Waals surface area (Å²) in [6.45, 7) is 5.31. The molecule has 0 radical (unpaired) electrons. The molecule has 0 spiro atoms. The normalized spacial score (nSPS) is 23.6. The van der Waals surface area contributed by atoms with Crippen LogP contribution in [0.15, 0.2) is 0 Å². The third-order valence-electron chi connectivity index (χ3n) is 4.82. The van der Waals surface area contributed by atoms with Crippen molar-refractivity contribution in [1.29, 1.82) is 0 Å². The molecule has 1 fully saturated rings. The first-order valence-corrected chi connectivity index (χ1v) is 7.71. The number of hydrogen-bond donors (Lipinski definition) is 1. The fraction of sp³-hybridized carbons (Fsp3) is 0.733. The van der Waals surface area contributed by atoms with E-state index in [1.54, 1.807) is 0 Å². The number of anilines is 1. The van der Waals surface area contributed by atoms with Gasteiger partial charge < -0.3 is 5.73 Å². The molecule has 3 rings (SSSR count). The second-order valence-corrected chi connectivity index (χ2v) is 6.42. The summed E-state index contributed by atoms with van der Waals surface area (Å²) in [6, 6.07) is 0. The number of aryl methyl sites for hydroxylation is 3. The van der Waals surface area contributed by atoms with E-state index in [1.165, 1.54) is 32.1 Å². The van der Waals surface area contributed by atoms with Crippen LogP contribution in [-0.2, 0) is 13.6 Å². The molecule has 2 aromatic heterocycles. The minimum atomic E-state index is 0.625. The average Bonchev–Trinajstić information content (AvgIpc) is 2.88. The molecule has 2 N–H and O–H groups in total. The molecule has 1 saturated carbocycles. The van der Waals surface area contributed by atoms with E-state index in [4.69, 9.17) is 5.73 Å². The molecule has 0 aromatic carbocycles. The lowest BCUT2D eigenvalue weighted by atomic mass is 9.81. The van der Waals surface area contributed by atoms with Gasteiger partial charge in [0.05, 0.1) is 5.69 Å². The van der Waals surface area contributed by atoms with Gasteiger partial charge in [-0.1, -0.05) is 32.6 Å². The summed E-state index contributed by atoms with van der Waals surface area (Å²) in [4.78, 5) is 4.47. The van der Waals surface area contributed by atoms with Crippen molar-refractivity contribution in [2.24, 2.45) is 18.9 Å². The Balaban J connectivity index is 1.76. The number of nitrogens with zero attached hydrogens (tertiary/aromatic N) is 4. The lowest BCUT2D eigenvalue weighted by Gasteiger charge is -2.26. The minimum Gasteiger partial charge on any atom is -0.369 e. The number of aromatic nitrogens is 4. The van der Waals surface area contributed by atoms with Crippen LogP contribution in [0, 0.1) is 18.8 Å². The van der Waals surface area contributed by atoms with Crippen LogP contribution in [0.1, 0.15) is 44.7 Å². The number of fused-ring (bicyclic) bond motifs is 1. The Hall–Kier alpha value is -1.52. The van der Waals surface area contributed by atoms with Crippen LogP contribution in [0.2, 0.25) is 0 Å². The van der Waals surface area contributed by atoms with E-state index in [9.17, 15) is 0 Å². The largest absolute Gasteiger partial charge is 0.369 e. The number of nitrogens with two attached hydrogens (primary N) is 1. The van der Waals surface area contributed by atoms with Crippen molar-refractivity contribution in [3.63, 3.8) is 0 Å². The van der Waals surface area contributed by atoms with Crippen molar-refractivity contribution in [3.8, 4) is 0 Å². The standard InChI is InChI=1S/C15H25N5/c1-10-4-6-12(7-5-10)8-9-20-14-13(17-15(20)16)11(2)18-19(14)3/h10,12H,4-9H2,1-3H3,(H2,16,17). The predicted octanol–water partition coefficient (Wildman–Crippen LogP) is 2.88. The zero-order valence-electron chi connectivity index (χ0n) is 12.8. The smallest absolute Gasteiger partial charge is 0.202 e. The summed E-state index contributed by atoms with van der Waals surface area (Å²) >= 11 is 0. The third kappa shape index (κ3) is 2.30. The van der Waals surface area contributed by atoms with Crippen molar-refractivity contribution in [1.82, 2.24) is 19.3 Å². The highest BCUT2D eigenvalue weighted by Crippen LogP contribution is 2.31. The van der Waals surface area contributed by atoms with Gasteiger partial charge in [0.25, 0.3) is 0 Å². The zero-order chi connectivity index (χ0) is 14.3. The molecule has 20 heavy (non-hydrogen) atoms. The van der Waals surface area contributed by atoms with Crippen LogP contribution in [0.25, 0.3) is 11.2 Å². The Morgan fingerprint density at radius 2 is 1.95 bits per heavy atom. The number of rotatable bonds is 3. The molecule has 2 aromatic rings. The van der Waals surface area contributed by atoms with Gasteiger partial charge in [0.15, 0.2) is 5.65 Å². The van der Waals surface area contributed by atoms with E-state index in [2.05, 4.69) is 21.6 Å². The first kappa shape index (κ1) is 13.5. The summed E-state index contributed by atoms with van der Waals surface area (Å²) in [6.07, 6.45) is 6.69. The molecule has 1 aliphatic rings. The first-order chi connectivity index (χ1) is 9.56. The lowest BCUT2D eigenvalue weighted by Crippen LogP contribution is -2.15. The molecule has 2 heterocycles. The monoisotopic (exact) mass is 275 g/mol. The van der Waals surface area contributed by atoms with Crippen LogP contribution < -0.4 is 5.73 Å². The average molecular weight is 275 g/mol. The van der Waals surface area contributed by atoms with Gasteiger partial charge in [0.1, 0.15) is 5.52 Å². The van der Waals surface area contributed by atoms with Crippen LogP contribution in [0.5, 0.6) is 0 Å². The maximum absolute atomic E-state index is 6.08. The molecule has 0 atom stereocenters. The van der Waals surface area contributed by atoms with E-state index >= 15 is 0 Å². The summed E-state index contributed by atoms with van der Waals surface area (Å²) in [7, 11) is 1.97. The third-order valence-corrected chi connectivity index (χ3v) is 4.82. The van der Waals surface area contributed by atoms with E-state index in [0.29, 0.717) is 5.95 Å². The van der Waals surface area contributed by atoms with Crippen LogP contribution in [-0.4, -0.2) is 19.3 Å². The minimum absolute atomic E-state index is 0.625. The van der Waals surface area contributed by atoms with Gasteiger partial charge in [-0.05, 0) is 25.2 Å². The summed E-state index contributed by atoms with van der Waals surface area (Å²) < 4.78 is 4.03. The molecule has 1 aliphatic carbocycles. The molecule has 5 nitrogen and oxygen atoms in total.